The van der Waals surface area contributed by atoms with Crippen molar-refractivity contribution in [2.75, 3.05) is 13.2 Å². The second kappa shape index (κ2) is 8.13. The maximum Gasteiger partial charge on any atom is 0.0883 e. The molecular formula is C22H26O3. The molecule has 4 atom stereocenters. The normalized spacial score (nSPS) is 27.2. The maximum absolute atomic E-state index is 5.77. The van der Waals surface area contributed by atoms with Crippen molar-refractivity contribution in [3.8, 4) is 0 Å². The summed E-state index contributed by atoms with van der Waals surface area (Å²) >= 11 is 0. The molecule has 2 aromatic rings. The molecule has 2 aliphatic heterocycles. The maximum atomic E-state index is 5.77. The van der Waals surface area contributed by atoms with Crippen molar-refractivity contribution in [3.63, 3.8) is 0 Å². The molecule has 3 nitrogen and oxygen atoms in total. The molecule has 0 aliphatic carbocycles. The van der Waals surface area contributed by atoms with Crippen LogP contribution in [0.25, 0.3) is 0 Å². The predicted octanol–water partition coefficient (Wildman–Crippen LogP) is 3.80. The number of epoxide rings is 2. The Morgan fingerprint density at radius 2 is 1.04 bits per heavy atom. The Balaban J connectivity index is 1.03. The van der Waals surface area contributed by atoms with Crippen LogP contribution in [-0.2, 0) is 27.1 Å². The van der Waals surface area contributed by atoms with Gasteiger partial charge in [-0.3, -0.25) is 0 Å². The average Bonchev–Trinajstić information content (AvgIpc) is 3.56. The Kier molecular flexibility index (Phi) is 5.46. The zero-order valence-electron chi connectivity index (χ0n) is 14.6. The van der Waals surface area contributed by atoms with Gasteiger partial charge >= 0.3 is 0 Å². The number of ether oxygens (including phenoxy) is 3. The molecule has 4 unspecified atom stereocenters. The van der Waals surface area contributed by atoms with Crippen molar-refractivity contribution in [1.82, 2.24) is 0 Å². The smallest absolute Gasteiger partial charge is 0.0883 e. The summed E-state index contributed by atoms with van der Waals surface area (Å²) in [7, 11) is 0. The monoisotopic (exact) mass is 338 g/mol. The SMILES string of the molecule is c1ccc(CC2OC2CCOCCC2OC2Cc2ccccc2)cc1. The number of rotatable bonds is 10. The molecule has 4 rings (SSSR count). The molecule has 25 heavy (non-hydrogen) atoms. The van der Waals surface area contributed by atoms with Gasteiger partial charge in [-0.25, -0.2) is 0 Å². The fourth-order valence-electron chi connectivity index (χ4n) is 3.42. The van der Waals surface area contributed by atoms with Crippen LogP contribution in [0.15, 0.2) is 60.7 Å². The Labute approximate surface area is 149 Å². The summed E-state index contributed by atoms with van der Waals surface area (Å²) in [6.45, 7) is 1.57. The molecule has 0 N–H and O–H groups in total. The van der Waals surface area contributed by atoms with E-state index in [0.717, 1.165) is 38.9 Å². The lowest BCUT2D eigenvalue weighted by Gasteiger charge is -2.01. The van der Waals surface area contributed by atoms with Crippen molar-refractivity contribution in [2.45, 2.75) is 50.1 Å². The third kappa shape index (κ3) is 5.15. The van der Waals surface area contributed by atoms with E-state index in [1.54, 1.807) is 0 Å². The van der Waals surface area contributed by atoms with Gasteiger partial charge in [0.2, 0.25) is 0 Å². The van der Waals surface area contributed by atoms with E-state index in [9.17, 15) is 0 Å². The molecule has 3 heteroatoms. The standard InChI is InChI=1S/C22H26O3/c1-3-7-17(8-4-1)15-21-19(24-21)11-13-23-14-12-20-22(25-20)16-18-9-5-2-6-10-18/h1-10,19-22H,11-16H2. The van der Waals surface area contributed by atoms with Gasteiger partial charge in [0.25, 0.3) is 0 Å². The quantitative estimate of drug-likeness (QED) is 0.488. The van der Waals surface area contributed by atoms with E-state index in [2.05, 4.69) is 60.7 Å². The van der Waals surface area contributed by atoms with E-state index >= 15 is 0 Å². The fraction of sp³-hybridized carbons (Fsp3) is 0.455. The first-order valence-electron chi connectivity index (χ1n) is 9.35. The molecule has 0 radical (unpaired) electrons. The molecule has 0 saturated carbocycles. The number of hydrogen-bond donors (Lipinski definition) is 0. The third-order valence-electron chi connectivity index (χ3n) is 5.03. The highest BCUT2D eigenvalue weighted by Crippen LogP contribution is 2.30. The van der Waals surface area contributed by atoms with E-state index in [-0.39, 0.29) is 0 Å². The van der Waals surface area contributed by atoms with E-state index in [1.165, 1.54) is 11.1 Å². The molecule has 0 aromatic heterocycles. The molecule has 132 valence electrons. The first-order chi connectivity index (χ1) is 12.4. The Bertz CT molecular complexity index is 585. The van der Waals surface area contributed by atoms with Gasteiger partial charge in [0.1, 0.15) is 0 Å². The van der Waals surface area contributed by atoms with Crippen LogP contribution >= 0.6 is 0 Å². The summed E-state index contributed by atoms with van der Waals surface area (Å²) in [4.78, 5) is 0. The van der Waals surface area contributed by atoms with Gasteiger partial charge in [-0.1, -0.05) is 60.7 Å². The highest BCUT2D eigenvalue weighted by Gasteiger charge is 2.39. The first kappa shape index (κ1) is 16.8. The van der Waals surface area contributed by atoms with Crippen molar-refractivity contribution >= 4 is 0 Å². The fourth-order valence-corrected chi connectivity index (χ4v) is 3.42. The van der Waals surface area contributed by atoms with Crippen LogP contribution in [0.1, 0.15) is 24.0 Å². The van der Waals surface area contributed by atoms with Crippen LogP contribution < -0.4 is 0 Å². The second-order valence-corrected chi connectivity index (χ2v) is 7.00. The highest BCUT2D eigenvalue weighted by atomic mass is 16.6. The molecule has 2 heterocycles. The van der Waals surface area contributed by atoms with Crippen molar-refractivity contribution in [2.24, 2.45) is 0 Å². The van der Waals surface area contributed by atoms with E-state index < -0.39 is 0 Å². The lowest BCUT2D eigenvalue weighted by molar-refractivity contribution is 0.118. The third-order valence-corrected chi connectivity index (χ3v) is 5.03. The van der Waals surface area contributed by atoms with Crippen LogP contribution in [-0.4, -0.2) is 37.6 Å². The van der Waals surface area contributed by atoms with Gasteiger partial charge in [-0.15, -0.1) is 0 Å². The molecule has 0 spiro atoms. The van der Waals surface area contributed by atoms with Gasteiger partial charge in [0.05, 0.1) is 24.4 Å². The van der Waals surface area contributed by atoms with Gasteiger partial charge < -0.3 is 14.2 Å². The van der Waals surface area contributed by atoms with E-state index in [0.29, 0.717) is 24.4 Å². The zero-order chi connectivity index (χ0) is 16.9. The van der Waals surface area contributed by atoms with Crippen molar-refractivity contribution in [3.05, 3.63) is 71.8 Å². The minimum Gasteiger partial charge on any atom is -0.381 e. The first-order valence-corrected chi connectivity index (χ1v) is 9.35. The van der Waals surface area contributed by atoms with Gasteiger partial charge in [0.15, 0.2) is 0 Å². The molecule has 2 fully saturated rings. The minimum atomic E-state index is 0.378. The van der Waals surface area contributed by atoms with Crippen molar-refractivity contribution < 1.29 is 14.2 Å². The number of hydrogen-bond acceptors (Lipinski definition) is 3. The van der Waals surface area contributed by atoms with Crippen LogP contribution in [0, 0.1) is 0 Å². The van der Waals surface area contributed by atoms with E-state index in [1.807, 2.05) is 0 Å². The van der Waals surface area contributed by atoms with Crippen LogP contribution in [0.5, 0.6) is 0 Å². The van der Waals surface area contributed by atoms with Crippen LogP contribution in [0.2, 0.25) is 0 Å². The van der Waals surface area contributed by atoms with Gasteiger partial charge in [-0.2, -0.15) is 0 Å². The highest BCUT2D eigenvalue weighted by molar-refractivity contribution is 5.18. The molecule has 0 bridgehead atoms. The lowest BCUT2D eigenvalue weighted by Crippen LogP contribution is -2.07. The lowest BCUT2D eigenvalue weighted by atomic mass is 10.1. The second-order valence-electron chi connectivity index (χ2n) is 7.00. The predicted molar refractivity (Wildman–Crippen MR) is 97.7 cm³/mol. The molecule has 0 amide bonds. The Morgan fingerprint density at radius 1 is 0.600 bits per heavy atom. The molecule has 2 aliphatic rings. The number of benzene rings is 2. The minimum absolute atomic E-state index is 0.378. The van der Waals surface area contributed by atoms with Crippen LogP contribution in [0.4, 0.5) is 0 Å². The molecule has 2 aromatic carbocycles. The Morgan fingerprint density at radius 3 is 1.48 bits per heavy atom. The summed E-state index contributed by atoms with van der Waals surface area (Å²) in [6, 6.07) is 21.1. The van der Waals surface area contributed by atoms with Crippen molar-refractivity contribution in [1.29, 1.82) is 0 Å². The van der Waals surface area contributed by atoms with Gasteiger partial charge in [0, 0.05) is 26.1 Å². The summed E-state index contributed by atoms with van der Waals surface area (Å²) < 4.78 is 17.3. The average molecular weight is 338 g/mol. The summed E-state index contributed by atoms with van der Waals surface area (Å²) in [6.07, 6.45) is 5.55. The van der Waals surface area contributed by atoms with Crippen LogP contribution in [0.3, 0.4) is 0 Å². The topological polar surface area (TPSA) is 34.3 Å². The van der Waals surface area contributed by atoms with Gasteiger partial charge in [-0.05, 0) is 24.0 Å². The summed E-state index contributed by atoms with van der Waals surface area (Å²) in [5.41, 5.74) is 2.71. The molecular weight excluding hydrogens is 312 g/mol. The molecule has 2 saturated heterocycles. The van der Waals surface area contributed by atoms with E-state index in [4.69, 9.17) is 14.2 Å². The zero-order valence-corrected chi connectivity index (χ0v) is 14.6. The Hall–Kier alpha value is -1.68. The summed E-state index contributed by atoms with van der Waals surface area (Å²) in [5.74, 6) is 0. The largest absolute Gasteiger partial charge is 0.381 e. The summed E-state index contributed by atoms with van der Waals surface area (Å²) in [5, 5.41) is 0.